The van der Waals surface area contributed by atoms with Gasteiger partial charge in [0.05, 0.1) is 7.11 Å². The third-order valence-corrected chi connectivity index (χ3v) is 3.70. The van der Waals surface area contributed by atoms with Gasteiger partial charge in [-0.15, -0.1) is 0 Å². The van der Waals surface area contributed by atoms with Gasteiger partial charge in [0.1, 0.15) is 0 Å². The fraction of sp³-hybridized carbons (Fsp3) is 0.188. The predicted molar refractivity (Wildman–Crippen MR) is 82.8 cm³/mol. The first-order chi connectivity index (χ1) is 10.1. The Labute approximate surface area is 127 Å². The Bertz CT molecular complexity index is 638. The summed E-state index contributed by atoms with van der Waals surface area (Å²) < 4.78 is 18.4. The van der Waals surface area contributed by atoms with Crippen molar-refractivity contribution in [3.63, 3.8) is 0 Å². The highest BCUT2D eigenvalue weighted by Gasteiger charge is 2.06. The van der Waals surface area contributed by atoms with Crippen LogP contribution < -0.4 is 4.74 Å². The number of hydrogen-bond acceptors (Lipinski definition) is 3. The first-order valence-corrected chi connectivity index (χ1v) is 7.32. The quantitative estimate of drug-likeness (QED) is 0.790. The van der Waals surface area contributed by atoms with Crippen LogP contribution in [0.4, 0.5) is 4.39 Å². The summed E-state index contributed by atoms with van der Waals surface area (Å²) in [6.07, 6.45) is 3.03. The molecule has 0 radical (unpaired) electrons. The molecule has 0 spiro atoms. The van der Waals surface area contributed by atoms with Gasteiger partial charge < -0.3 is 9.64 Å². The lowest BCUT2D eigenvalue weighted by molar-refractivity contribution is -0.125. The second kappa shape index (κ2) is 7.04. The van der Waals surface area contributed by atoms with Crippen molar-refractivity contribution in [1.82, 2.24) is 4.90 Å². The SMILES string of the molecule is COc1ccc(/C=C/C(=O)N(C)Cc2ccsc2)cc1F. The number of ether oxygens (including phenoxy) is 1. The minimum atomic E-state index is -0.446. The lowest BCUT2D eigenvalue weighted by Gasteiger charge is -2.13. The van der Waals surface area contributed by atoms with Crippen molar-refractivity contribution in [3.05, 3.63) is 58.0 Å². The van der Waals surface area contributed by atoms with Crippen LogP contribution in [-0.4, -0.2) is 25.0 Å². The van der Waals surface area contributed by atoms with E-state index in [0.29, 0.717) is 12.1 Å². The van der Waals surface area contributed by atoms with E-state index in [2.05, 4.69) is 0 Å². The van der Waals surface area contributed by atoms with Gasteiger partial charge in [-0.05, 0) is 46.2 Å². The summed E-state index contributed by atoms with van der Waals surface area (Å²) >= 11 is 1.60. The number of hydrogen-bond donors (Lipinski definition) is 0. The summed E-state index contributed by atoms with van der Waals surface area (Å²) in [6.45, 7) is 0.559. The van der Waals surface area contributed by atoms with Gasteiger partial charge in [0, 0.05) is 19.7 Å². The van der Waals surface area contributed by atoms with Crippen LogP contribution in [0.15, 0.2) is 41.1 Å². The molecule has 1 aromatic carbocycles. The summed E-state index contributed by atoms with van der Waals surface area (Å²) in [5.41, 5.74) is 1.71. The zero-order valence-electron chi connectivity index (χ0n) is 11.9. The molecule has 1 heterocycles. The van der Waals surface area contributed by atoms with Gasteiger partial charge >= 0.3 is 0 Å². The number of nitrogens with zero attached hydrogens (tertiary/aromatic N) is 1. The van der Waals surface area contributed by atoms with E-state index in [-0.39, 0.29) is 11.7 Å². The molecule has 0 saturated carbocycles. The molecule has 3 nitrogen and oxygen atoms in total. The third-order valence-electron chi connectivity index (χ3n) is 2.97. The van der Waals surface area contributed by atoms with Crippen LogP contribution >= 0.6 is 11.3 Å². The minimum absolute atomic E-state index is 0.127. The van der Waals surface area contributed by atoms with Gasteiger partial charge in [0.15, 0.2) is 11.6 Å². The molecule has 2 aromatic rings. The van der Waals surface area contributed by atoms with Crippen molar-refractivity contribution in [2.24, 2.45) is 0 Å². The summed E-state index contributed by atoms with van der Waals surface area (Å²) in [4.78, 5) is 13.6. The molecule has 0 fully saturated rings. The summed E-state index contributed by atoms with van der Waals surface area (Å²) in [7, 11) is 3.15. The number of methoxy groups -OCH3 is 1. The van der Waals surface area contributed by atoms with Crippen LogP contribution in [0.3, 0.4) is 0 Å². The first-order valence-electron chi connectivity index (χ1n) is 6.38. The summed E-state index contributed by atoms with van der Waals surface area (Å²) in [6, 6.07) is 6.55. The molecule has 0 aliphatic carbocycles. The molecule has 1 amide bonds. The topological polar surface area (TPSA) is 29.5 Å². The van der Waals surface area contributed by atoms with Crippen LogP contribution in [-0.2, 0) is 11.3 Å². The molecule has 1 aromatic heterocycles. The van der Waals surface area contributed by atoms with Crippen LogP contribution in [0.5, 0.6) is 5.75 Å². The lowest BCUT2D eigenvalue weighted by Crippen LogP contribution is -2.23. The molecule has 0 bridgehead atoms. The molecule has 5 heteroatoms. The van der Waals surface area contributed by atoms with Crippen LogP contribution in [0, 0.1) is 5.82 Å². The second-order valence-corrected chi connectivity index (χ2v) is 5.33. The van der Waals surface area contributed by atoms with E-state index in [1.165, 1.54) is 25.3 Å². The van der Waals surface area contributed by atoms with E-state index in [4.69, 9.17) is 4.74 Å². The van der Waals surface area contributed by atoms with E-state index < -0.39 is 5.82 Å². The standard InChI is InChI=1S/C16H16FNO2S/c1-18(10-13-7-8-21-11-13)16(19)6-4-12-3-5-15(20-2)14(17)9-12/h3-9,11H,10H2,1-2H3/b6-4+. The monoisotopic (exact) mass is 305 g/mol. The van der Waals surface area contributed by atoms with Crippen LogP contribution in [0.2, 0.25) is 0 Å². The smallest absolute Gasteiger partial charge is 0.246 e. The van der Waals surface area contributed by atoms with E-state index in [0.717, 1.165) is 5.56 Å². The Morgan fingerprint density at radius 1 is 1.43 bits per heavy atom. The Balaban J connectivity index is 1.99. The van der Waals surface area contributed by atoms with Crippen molar-refractivity contribution in [2.45, 2.75) is 6.54 Å². The normalized spacial score (nSPS) is 10.8. The van der Waals surface area contributed by atoms with Crippen molar-refractivity contribution >= 4 is 23.3 Å². The molecule has 0 saturated heterocycles. The number of carbonyl (C=O) groups is 1. The second-order valence-electron chi connectivity index (χ2n) is 4.55. The predicted octanol–water partition coefficient (Wildman–Crippen LogP) is 3.57. The first kappa shape index (κ1) is 15.3. The molecule has 110 valence electrons. The third kappa shape index (κ3) is 4.16. The zero-order chi connectivity index (χ0) is 15.2. The number of carbonyl (C=O) groups excluding carboxylic acids is 1. The Kier molecular flexibility index (Phi) is 5.11. The van der Waals surface area contributed by atoms with Crippen molar-refractivity contribution < 1.29 is 13.9 Å². The molecular weight excluding hydrogens is 289 g/mol. The average molecular weight is 305 g/mol. The molecule has 0 aliphatic heterocycles. The van der Waals surface area contributed by atoms with Gasteiger partial charge in [-0.1, -0.05) is 6.07 Å². The van der Waals surface area contributed by atoms with E-state index >= 15 is 0 Å². The van der Waals surface area contributed by atoms with Gasteiger partial charge in [-0.3, -0.25) is 4.79 Å². The summed E-state index contributed by atoms with van der Waals surface area (Å²) in [5.74, 6) is -0.385. The zero-order valence-corrected chi connectivity index (χ0v) is 12.7. The molecule has 0 aliphatic rings. The number of likely N-dealkylation sites (N-methyl/N-ethyl adjacent to an activating group) is 1. The van der Waals surface area contributed by atoms with Crippen LogP contribution in [0.1, 0.15) is 11.1 Å². The van der Waals surface area contributed by atoms with Crippen molar-refractivity contribution in [2.75, 3.05) is 14.2 Å². The maximum Gasteiger partial charge on any atom is 0.246 e. The lowest BCUT2D eigenvalue weighted by atomic mass is 10.2. The number of rotatable bonds is 5. The Morgan fingerprint density at radius 2 is 2.24 bits per heavy atom. The highest BCUT2D eigenvalue weighted by molar-refractivity contribution is 7.07. The average Bonchev–Trinajstić information content (AvgIpc) is 2.97. The van der Waals surface area contributed by atoms with Crippen molar-refractivity contribution in [3.8, 4) is 5.75 Å². The fourth-order valence-corrected chi connectivity index (χ4v) is 2.48. The van der Waals surface area contributed by atoms with E-state index in [9.17, 15) is 9.18 Å². The number of benzene rings is 1. The van der Waals surface area contributed by atoms with Crippen molar-refractivity contribution in [1.29, 1.82) is 0 Å². The van der Waals surface area contributed by atoms with Gasteiger partial charge in [0.25, 0.3) is 0 Å². The highest BCUT2D eigenvalue weighted by Crippen LogP contribution is 2.18. The number of halogens is 1. The van der Waals surface area contributed by atoms with E-state index in [1.54, 1.807) is 35.4 Å². The number of thiophene rings is 1. The Morgan fingerprint density at radius 3 is 2.86 bits per heavy atom. The fourth-order valence-electron chi connectivity index (χ4n) is 1.82. The van der Waals surface area contributed by atoms with Gasteiger partial charge in [0.2, 0.25) is 5.91 Å². The maximum atomic E-state index is 13.5. The maximum absolute atomic E-state index is 13.5. The molecular formula is C16H16FNO2S. The summed E-state index contributed by atoms with van der Waals surface area (Å²) in [5, 5.41) is 3.98. The van der Waals surface area contributed by atoms with Gasteiger partial charge in [-0.25, -0.2) is 4.39 Å². The largest absolute Gasteiger partial charge is 0.494 e. The highest BCUT2D eigenvalue weighted by atomic mass is 32.1. The molecule has 0 N–H and O–H groups in total. The molecule has 2 rings (SSSR count). The Hall–Kier alpha value is -2.14. The molecule has 21 heavy (non-hydrogen) atoms. The van der Waals surface area contributed by atoms with Gasteiger partial charge in [-0.2, -0.15) is 11.3 Å². The molecule has 0 unspecified atom stereocenters. The molecule has 0 atom stereocenters. The van der Waals surface area contributed by atoms with E-state index in [1.807, 2.05) is 16.8 Å². The number of amides is 1. The minimum Gasteiger partial charge on any atom is -0.494 e. The van der Waals surface area contributed by atoms with Crippen LogP contribution in [0.25, 0.3) is 6.08 Å².